The fourth-order valence-corrected chi connectivity index (χ4v) is 20.5. The summed E-state index contributed by atoms with van der Waals surface area (Å²) in [5.74, 6) is -18.3. The van der Waals surface area contributed by atoms with Crippen LogP contribution < -0.4 is 0 Å². The molecule has 5 aliphatic rings. The molecule has 1 heterocycles. The third kappa shape index (κ3) is 30.8. The zero-order chi connectivity index (χ0) is 102. The van der Waals surface area contributed by atoms with Gasteiger partial charge < -0.3 is 77.7 Å². The van der Waals surface area contributed by atoms with Gasteiger partial charge in [-0.2, -0.15) is 0 Å². The van der Waals surface area contributed by atoms with E-state index < -0.39 is 259 Å². The molecule has 0 aromatic rings. The Morgan fingerprint density at radius 1 is 0.526 bits per heavy atom. The molecule has 0 aromatic carbocycles. The van der Waals surface area contributed by atoms with E-state index in [1.165, 1.54) is 79.9 Å². The minimum atomic E-state index is -1.88. The Morgan fingerprint density at radius 3 is 1.54 bits per heavy atom. The fourth-order valence-electron chi connectivity index (χ4n) is 20.5. The number of nitrogens with zero attached hydrogens (tertiary/aromatic N) is 7. The van der Waals surface area contributed by atoms with Crippen molar-refractivity contribution < 1.29 is 130 Å². The van der Waals surface area contributed by atoms with Gasteiger partial charge in [0.05, 0.1) is 63.6 Å². The Kier molecular flexibility index (Phi) is 45.0. The maximum Gasteiger partial charge on any atom is 0.511 e. The third-order valence-corrected chi connectivity index (χ3v) is 28.5. The van der Waals surface area contributed by atoms with Gasteiger partial charge in [0.2, 0.25) is 53.9 Å². The fraction of sp³-hybridized carbons (Fsp3) is 0.762. The Labute approximate surface area is 799 Å². The molecular formula is C101H159N7O27. The minimum absolute atomic E-state index is 0.0229. The molecule has 0 bridgehead atoms. The second-order valence-corrected chi connectivity index (χ2v) is 41.2. The normalized spacial score (nSPS) is 28.7. The molecule has 34 heteroatoms. The van der Waals surface area contributed by atoms with Gasteiger partial charge in [0.1, 0.15) is 54.9 Å². The number of likely N-dealkylation sites (N-methyl/N-ethyl adjacent to an activating group) is 7. The molecule has 19 atom stereocenters. The van der Waals surface area contributed by atoms with Crippen LogP contribution in [0, 0.1) is 93.7 Å². The van der Waals surface area contributed by atoms with Crippen molar-refractivity contribution in [2.24, 2.45) is 93.7 Å². The van der Waals surface area contributed by atoms with Crippen LogP contribution in [-0.2, 0) is 115 Å². The van der Waals surface area contributed by atoms with E-state index in [0.29, 0.717) is 19.3 Å². The highest BCUT2D eigenvalue weighted by atomic mass is 16.8. The number of ketones is 6. The predicted molar refractivity (Wildman–Crippen MR) is 500 cm³/mol. The number of allylic oxidation sites excluding steroid dienone is 6. The van der Waals surface area contributed by atoms with Crippen LogP contribution in [0.2, 0.25) is 0 Å². The molecular weight excluding hydrogens is 1740 g/mol. The number of Topliss-reactive ketones (excluding diaryl/α,β-unsaturated/α-hetero) is 5. The lowest BCUT2D eigenvalue weighted by atomic mass is 9.46. The molecule has 2 N–H and O–H groups in total. The number of aliphatic hydroxyl groups excluding tert-OH is 1. The minimum Gasteiger partial charge on any atom is -0.463 e. The van der Waals surface area contributed by atoms with Crippen LogP contribution in [0.5, 0.6) is 0 Å². The standard InChI is InChI=1S/C101H159N7O27/c1-27-29-30-64(15)91(135-98(127)134-57-133-87(120)36-34-85(118)131-44-42-129-41-43-130-84(117)33-35-86(119)132-56-82(115)101(128)40-38-72-70-32-31-68-52-69(109)37-39-99(68,18)88(70)81(114)54-100(72,101)19)90-80(113)51-67(28-2)93(122)102(20)55-83(116)103(21)73(45-58(3)4)79(112)53-71(62(11)12)94(123)104(22)74(46-59(5)6)78(111)49-65(16)77(110)50-66(17)92(121)105(23)75(47-60(7)8)95(124)106(24)76(48-61(9)10)96(125)107(25)89(63(13)14)97(126)108(90)26/h27,29,37,39,52,58-67,70-76,81,88-91,114,128H,28,30-36,38,40-51,53-57H2,1-26H3/b29-27+/t64-,65?,66?,67?,70?,71?,72?,73+,74?,75?,76?,81+,88?,89?,90?,91-,99+,100+,101+/m1/s1. The molecule has 5 rings (SSSR count). The summed E-state index contributed by atoms with van der Waals surface area (Å²) in [4.78, 5) is 266. The lowest BCUT2D eigenvalue weighted by Crippen LogP contribution is -2.62. The number of carbonyl (C=O) groups is 18. The zero-order valence-electron chi connectivity index (χ0n) is 85.2. The number of rotatable bonds is 33. The first-order valence-corrected chi connectivity index (χ1v) is 48.5. The van der Waals surface area contributed by atoms with Crippen LogP contribution in [0.3, 0.4) is 0 Å². The number of aliphatic hydroxyl groups is 2. The largest absolute Gasteiger partial charge is 0.511 e. The van der Waals surface area contributed by atoms with Crippen molar-refractivity contribution in [2.75, 3.05) is 95.7 Å². The van der Waals surface area contributed by atoms with E-state index in [2.05, 4.69) is 0 Å². The summed E-state index contributed by atoms with van der Waals surface area (Å²) in [6.45, 7) is 30.4. The Bertz CT molecular complexity index is 4280. The molecule has 760 valence electrons. The van der Waals surface area contributed by atoms with Crippen molar-refractivity contribution in [3.8, 4) is 0 Å². The van der Waals surface area contributed by atoms with Gasteiger partial charge in [-0.15, -0.1) is 0 Å². The number of carbonyl (C=O) groups excluding carboxylic acids is 18. The second kappa shape index (κ2) is 52.4. The van der Waals surface area contributed by atoms with Crippen LogP contribution in [-0.4, -0.2) is 300 Å². The van der Waals surface area contributed by atoms with Crippen molar-refractivity contribution in [2.45, 2.75) is 308 Å². The first-order valence-electron chi connectivity index (χ1n) is 48.5. The summed E-state index contributed by atoms with van der Waals surface area (Å²) in [5.41, 5.74) is -2.45. The van der Waals surface area contributed by atoms with E-state index in [1.54, 1.807) is 80.5 Å². The topological polar surface area (TPSA) is 435 Å². The molecule has 34 nitrogen and oxygen atoms in total. The van der Waals surface area contributed by atoms with Crippen molar-refractivity contribution >= 4 is 106 Å². The predicted octanol–water partition coefficient (Wildman–Crippen LogP) is 10.1. The van der Waals surface area contributed by atoms with Crippen molar-refractivity contribution in [3.63, 3.8) is 0 Å². The molecule has 12 unspecified atom stereocenters. The summed E-state index contributed by atoms with van der Waals surface area (Å²) in [5, 5.41) is 23.8. The maximum atomic E-state index is 15.9. The van der Waals surface area contributed by atoms with Crippen LogP contribution >= 0.6 is 0 Å². The van der Waals surface area contributed by atoms with Gasteiger partial charge in [-0.1, -0.05) is 148 Å². The molecule has 4 aliphatic carbocycles. The van der Waals surface area contributed by atoms with Gasteiger partial charge in [-0.05, 0) is 143 Å². The van der Waals surface area contributed by atoms with E-state index in [1.807, 2.05) is 75.3 Å². The Morgan fingerprint density at radius 2 is 1.01 bits per heavy atom. The molecule has 4 fully saturated rings. The van der Waals surface area contributed by atoms with Crippen molar-refractivity contribution in [1.82, 2.24) is 34.3 Å². The average Bonchev–Trinajstić information content (AvgIpc) is 1.15. The number of hydrogen-bond acceptors (Lipinski definition) is 27. The molecule has 0 aromatic heterocycles. The van der Waals surface area contributed by atoms with Gasteiger partial charge in [0, 0.05) is 115 Å². The van der Waals surface area contributed by atoms with E-state index >= 15 is 19.2 Å². The first kappa shape index (κ1) is 116. The first-order chi connectivity index (χ1) is 63.0. The summed E-state index contributed by atoms with van der Waals surface area (Å²) in [7, 11) is 9.83. The molecule has 1 aliphatic heterocycles. The zero-order valence-corrected chi connectivity index (χ0v) is 85.2. The SMILES string of the molecule is C/C=C/C[C@@H](C)[C@@H](OC(=O)OCOC(=O)CCC(=O)OCCOCCOC(=O)CCC(=O)OCC(=O)[C@@]1(O)CCC2C3CCC4=CC(=O)C=C[C@]4(C)C3[C@@H](O)C[C@@]21C)C1C(=O)CC(CC)C(=O)N(C)CC(=O)N(C)[C@@H](CC(C)C)C(=O)CC(C(C)C)C(=O)N(C)C(CC(C)C)C(=O)CC(C)C(=O)CC(C)C(=O)N(C)C(CC(C)C)C(=O)N(C)C(CC(C)C)C(=O)N(C)C(C(C)C)C(=O)N1C. The molecule has 7 amide bonds. The highest BCUT2D eigenvalue weighted by Gasteiger charge is 2.68. The number of esters is 4. The van der Waals surface area contributed by atoms with Crippen LogP contribution in [0.1, 0.15) is 254 Å². The van der Waals surface area contributed by atoms with Gasteiger partial charge >= 0.3 is 30.0 Å². The van der Waals surface area contributed by atoms with E-state index in [-0.39, 0.29) is 144 Å². The molecule has 3 saturated carbocycles. The van der Waals surface area contributed by atoms with E-state index in [4.69, 9.17) is 33.2 Å². The van der Waals surface area contributed by atoms with Gasteiger partial charge in [-0.3, -0.25) is 81.5 Å². The molecule has 0 spiro atoms. The van der Waals surface area contributed by atoms with Crippen LogP contribution in [0.4, 0.5) is 4.79 Å². The Balaban J connectivity index is 1.33. The summed E-state index contributed by atoms with van der Waals surface area (Å²) in [6, 6.07) is -7.82. The van der Waals surface area contributed by atoms with E-state index in [0.717, 1.165) is 15.4 Å². The second-order valence-electron chi connectivity index (χ2n) is 41.2. The van der Waals surface area contributed by atoms with Gasteiger partial charge in [0.15, 0.2) is 29.7 Å². The average molecular weight is 1900 g/mol. The van der Waals surface area contributed by atoms with Gasteiger partial charge in [-0.25, -0.2) is 4.79 Å². The van der Waals surface area contributed by atoms with Crippen LogP contribution in [0.15, 0.2) is 36.0 Å². The summed E-state index contributed by atoms with van der Waals surface area (Å²) >= 11 is 0. The molecule has 135 heavy (non-hydrogen) atoms. The third-order valence-electron chi connectivity index (χ3n) is 28.5. The number of amides is 7. The van der Waals surface area contributed by atoms with Crippen LogP contribution in [0.25, 0.3) is 0 Å². The lowest BCUT2D eigenvalue weighted by molar-refractivity contribution is -0.181. The Hall–Kier alpha value is -9.44. The molecule has 0 radical (unpaired) electrons. The maximum absolute atomic E-state index is 15.9. The number of fused-ring (bicyclic) bond motifs is 5. The van der Waals surface area contributed by atoms with E-state index in [9.17, 15) is 77.3 Å². The highest BCUT2D eigenvalue weighted by Crippen LogP contribution is 2.67. The summed E-state index contributed by atoms with van der Waals surface area (Å²) in [6.07, 6.45) is 3.70. The monoisotopic (exact) mass is 1900 g/mol. The van der Waals surface area contributed by atoms with Gasteiger partial charge in [0.25, 0.3) is 0 Å². The highest BCUT2D eigenvalue weighted by molar-refractivity contribution is 6.02. The van der Waals surface area contributed by atoms with Crippen molar-refractivity contribution in [1.29, 1.82) is 0 Å². The number of hydrogen-bond donors (Lipinski definition) is 2. The smallest absolute Gasteiger partial charge is 0.463 e. The molecule has 1 saturated heterocycles. The number of ether oxygens (including phenoxy) is 7. The quantitative estimate of drug-likeness (QED) is 0.0203. The van der Waals surface area contributed by atoms with Crippen molar-refractivity contribution in [3.05, 3.63) is 36.0 Å². The summed E-state index contributed by atoms with van der Waals surface area (Å²) < 4.78 is 37.5. The lowest BCUT2D eigenvalue weighted by Gasteiger charge is -2.59.